The van der Waals surface area contributed by atoms with Crippen LogP contribution in [-0.2, 0) is 4.74 Å². The summed E-state index contributed by atoms with van der Waals surface area (Å²) in [6, 6.07) is 8.35. The van der Waals surface area contributed by atoms with Gasteiger partial charge < -0.3 is 4.74 Å². The standard InChI is InChI=1S/C19H25FN4O/c1-23(10-3-11-24-12-14-25-15-13-24)18(19-21-8-2-9-22-19)16-4-6-17(20)7-5-16/h2,4-9,18H,3,10-15H2,1H3. The zero-order chi connectivity index (χ0) is 17.5. The van der Waals surface area contributed by atoms with Gasteiger partial charge in [-0.25, -0.2) is 14.4 Å². The molecule has 3 rings (SSSR count). The van der Waals surface area contributed by atoms with Gasteiger partial charge in [-0.2, -0.15) is 0 Å². The van der Waals surface area contributed by atoms with E-state index in [2.05, 4.69) is 26.8 Å². The third kappa shape index (κ3) is 5.04. The van der Waals surface area contributed by atoms with Crippen LogP contribution in [-0.4, -0.2) is 66.2 Å². The topological polar surface area (TPSA) is 41.5 Å². The zero-order valence-corrected chi connectivity index (χ0v) is 14.6. The minimum atomic E-state index is -0.230. The molecule has 0 N–H and O–H groups in total. The van der Waals surface area contributed by atoms with Crippen molar-refractivity contribution in [3.63, 3.8) is 0 Å². The van der Waals surface area contributed by atoms with E-state index < -0.39 is 0 Å². The van der Waals surface area contributed by atoms with Crippen LogP contribution in [0.25, 0.3) is 0 Å². The van der Waals surface area contributed by atoms with Crippen molar-refractivity contribution in [2.75, 3.05) is 46.4 Å². The van der Waals surface area contributed by atoms with E-state index in [9.17, 15) is 4.39 Å². The van der Waals surface area contributed by atoms with Crippen molar-refractivity contribution in [1.82, 2.24) is 19.8 Å². The summed E-state index contributed by atoms with van der Waals surface area (Å²) in [5, 5.41) is 0. The van der Waals surface area contributed by atoms with Crippen molar-refractivity contribution in [1.29, 1.82) is 0 Å². The van der Waals surface area contributed by atoms with Crippen molar-refractivity contribution in [2.45, 2.75) is 12.5 Å². The second kappa shape index (κ2) is 8.99. The van der Waals surface area contributed by atoms with Gasteiger partial charge in [-0.15, -0.1) is 0 Å². The molecule has 0 amide bonds. The number of hydrogen-bond acceptors (Lipinski definition) is 5. The average Bonchev–Trinajstić information content (AvgIpc) is 2.65. The SMILES string of the molecule is CN(CCCN1CCOCC1)C(c1ccc(F)cc1)c1ncccn1. The first-order valence-corrected chi connectivity index (χ1v) is 8.77. The Kier molecular flexibility index (Phi) is 6.44. The van der Waals surface area contributed by atoms with Gasteiger partial charge in [0.1, 0.15) is 11.6 Å². The molecular weight excluding hydrogens is 319 g/mol. The lowest BCUT2D eigenvalue weighted by molar-refractivity contribution is 0.0360. The normalized spacial score (nSPS) is 16.9. The van der Waals surface area contributed by atoms with E-state index in [1.165, 1.54) is 12.1 Å². The third-order valence-electron chi connectivity index (χ3n) is 4.55. The van der Waals surface area contributed by atoms with Crippen molar-refractivity contribution in [3.8, 4) is 0 Å². The second-order valence-corrected chi connectivity index (χ2v) is 6.35. The predicted octanol–water partition coefficient (Wildman–Crippen LogP) is 2.36. The summed E-state index contributed by atoms with van der Waals surface area (Å²) in [5.74, 6) is 0.509. The molecule has 0 saturated carbocycles. The van der Waals surface area contributed by atoms with Crippen molar-refractivity contribution >= 4 is 0 Å². The number of benzene rings is 1. The van der Waals surface area contributed by atoms with Crippen LogP contribution in [0.1, 0.15) is 23.9 Å². The summed E-state index contributed by atoms with van der Waals surface area (Å²) in [7, 11) is 2.07. The number of rotatable bonds is 7. The van der Waals surface area contributed by atoms with E-state index in [1.807, 2.05) is 18.2 Å². The average molecular weight is 344 g/mol. The Labute approximate surface area is 148 Å². The third-order valence-corrected chi connectivity index (χ3v) is 4.55. The Hall–Kier alpha value is -1.89. The highest BCUT2D eigenvalue weighted by Gasteiger charge is 2.22. The van der Waals surface area contributed by atoms with Gasteiger partial charge in [-0.05, 0) is 43.8 Å². The van der Waals surface area contributed by atoms with Crippen LogP contribution in [0.2, 0.25) is 0 Å². The Morgan fingerprint density at radius 1 is 1.16 bits per heavy atom. The molecule has 1 saturated heterocycles. The molecule has 1 aliphatic heterocycles. The predicted molar refractivity (Wildman–Crippen MR) is 94.8 cm³/mol. The first-order chi connectivity index (χ1) is 12.2. The van der Waals surface area contributed by atoms with Crippen LogP contribution < -0.4 is 0 Å². The summed E-state index contributed by atoms with van der Waals surface area (Å²) < 4.78 is 18.7. The molecule has 5 nitrogen and oxygen atoms in total. The van der Waals surface area contributed by atoms with Crippen LogP contribution in [0.15, 0.2) is 42.7 Å². The maximum atomic E-state index is 13.3. The first kappa shape index (κ1) is 17.9. The van der Waals surface area contributed by atoms with Crippen LogP contribution in [0.3, 0.4) is 0 Å². The molecule has 1 aromatic carbocycles. The van der Waals surface area contributed by atoms with Crippen molar-refractivity contribution < 1.29 is 9.13 Å². The molecule has 2 aromatic rings. The van der Waals surface area contributed by atoms with Gasteiger partial charge in [0.25, 0.3) is 0 Å². The molecule has 0 bridgehead atoms. The van der Waals surface area contributed by atoms with Gasteiger partial charge in [0.05, 0.1) is 19.3 Å². The molecule has 1 aliphatic rings. The molecule has 1 aromatic heterocycles. The quantitative estimate of drug-likeness (QED) is 0.771. The summed E-state index contributed by atoms with van der Waals surface area (Å²) in [5.41, 5.74) is 1.00. The maximum Gasteiger partial charge on any atom is 0.149 e. The minimum Gasteiger partial charge on any atom is -0.379 e. The monoisotopic (exact) mass is 344 g/mol. The molecule has 6 heteroatoms. The highest BCUT2D eigenvalue weighted by Crippen LogP contribution is 2.25. The molecule has 0 aliphatic carbocycles. The molecular formula is C19H25FN4O. The van der Waals surface area contributed by atoms with Crippen LogP contribution in [0.4, 0.5) is 4.39 Å². The zero-order valence-electron chi connectivity index (χ0n) is 14.6. The number of ether oxygens (including phenoxy) is 1. The highest BCUT2D eigenvalue weighted by molar-refractivity contribution is 5.25. The van der Waals surface area contributed by atoms with E-state index >= 15 is 0 Å². The smallest absolute Gasteiger partial charge is 0.149 e. The fourth-order valence-electron chi connectivity index (χ4n) is 3.20. The molecule has 2 heterocycles. The Balaban J connectivity index is 1.66. The number of halogens is 1. The minimum absolute atomic E-state index is 0.0773. The fraction of sp³-hybridized carbons (Fsp3) is 0.474. The van der Waals surface area contributed by atoms with Gasteiger partial charge in [-0.3, -0.25) is 9.80 Å². The number of aromatic nitrogens is 2. The maximum absolute atomic E-state index is 13.3. The Bertz CT molecular complexity index is 632. The van der Waals surface area contributed by atoms with E-state index in [0.717, 1.165) is 57.2 Å². The van der Waals surface area contributed by atoms with E-state index in [-0.39, 0.29) is 11.9 Å². The van der Waals surface area contributed by atoms with E-state index in [1.54, 1.807) is 12.4 Å². The number of nitrogens with zero attached hydrogens (tertiary/aromatic N) is 4. The molecule has 1 fully saturated rings. The lowest BCUT2D eigenvalue weighted by atomic mass is 10.0. The largest absolute Gasteiger partial charge is 0.379 e. The van der Waals surface area contributed by atoms with E-state index in [0.29, 0.717) is 0 Å². The first-order valence-electron chi connectivity index (χ1n) is 8.77. The summed E-state index contributed by atoms with van der Waals surface area (Å²) in [4.78, 5) is 13.5. The summed E-state index contributed by atoms with van der Waals surface area (Å²) in [6.45, 7) is 5.63. The van der Waals surface area contributed by atoms with Crippen LogP contribution in [0.5, 0.6) is 0 Å². The molecule has 1 atom stereocenters. The fourth-order valence-corrected chi connectivity index (χ4v) is 3.20. The second-order valence-electron chi connectivity index (χ2n) is 6.35. The highest BCUT2D eigenvalue weighted by atomic mass is 19.1. The van der Waals surface area contributed by atoms with E-state index in [4.69, 9.17) is 4.74 Å². The molecule has 0 spiro atoms. The van der Waals surface area contributed by atoms with Crippen molar-refractivity contribution in [3.05, 3.63) is 59.9 Å². The van der Waals surface area contributed by atoms with Crippen molar-refractivity contribution in [2.24, 2.45) is 0 Å². The van der Waals surface area contributed by atoms with Crippen LogP contribution >= 0.6 is 0 Å². The Morgan fingerprint density at radius 3 is 2.52 bits per heavy atom. The summed E-state index contributed by atoms with van der Waals surface area (Å²) >= 11 is 0. The van der Waals surface area contributed by atoms with Gasteiger partial charge >= 0.3 is 0 Å². The van der Waals surface area contributed by atoms with Gasteiger partial charge in [0.2, 0.25) is 0 Å². The lowest BCUT2D eigenvalue weighted by Crippen LogP contribution is -2.38. The lowest BCUT2D eigenvalue weighted by Gasteiger charge is -2.30. The molecule has 25 heavy (non-hydrogen) atoms. The van der Waals surface area contributed by atoms with Gasteiger partial charge in [0.15, 0.2) is 0 Å². The number of morpholine rings is 1. The van der Waals surface area contributed by atoms with Gasteiger partial charge in [0, 0.05) is 32.0 Å². The summed E-state index contributed by atoms with van der Waals surface area (Å²) in [6.07, 6.45) is 4.56. The molecule has 134 valence electrons. The molecule has 1 unspecified atom stereocenters. The number of hydrogen-bond donors (Lipinski definition) is 0. The van der Waals surface area contributed by atoms with Crippen LogP contribution in [0, 0.1) is 5.82 Å². The molecule has 0 radical (unpaired) electrons. The Morgan fingerprint density at radius 2 is 1.84 bits per heavy atom. The van der Waals surface area contributed by atoms with Gasteiger partial charge in [-0.1, -0.05) is 12.1 Å².